The molecule has 1 N–H and O–H groups in total. The summed E-state index contributed by atoms with van der Waals surface area (Å²) in [7, 11) is -3.44. The number of nitrogens with zero attached hydrogens (tertiary/aromatic N) is 1. The van der Waals surface area contributed by atoms with Gasteiger partial charge in [0.15, 0.2) is 15.4 Å². The number of benzene rings is 1. The van der Waals surface area contributed by atoms with Gasteiger partial charge in [-0.05, 0) is 53.5 Å². The van der Waals surface area contributed by atoms with E-state index < -0.39 is 21.4 Å². The highest BCUT2D eigenvalue weighted by molar-refractivity contribution is 9.11. The van der Waals surface area contributed by atoms with Gasteiger partial charge in [-0.15, -0.1) is 11.3 Å². The second kappa shape index (κ2) is 7.13. The molecule has 3 amide bonds. The fourth-order valence-electron chi connectivity index (χ4n) is 2.81. The minimum atomic E-state index is -3.44. The molecule has 1 saturated heterocycles. The Morgan fingerprint density at radius 2 is 1.85 bits per heavy atom. The number of hydrogen-bond acceptors (Lipinski definition) is 5. The summed E-state index contributed by atoms with van der Waals surface area (Å²) in [6.45, 7) is 1.71. The molecule has 1 fully saturated rings. The molecular formula is C17H17BrN2O4S2. The number of halogens is 1. The smallest absolute Gasteiger partial charge is 0.319 e. The molecule has 0 spiro atoms. The highest BCUT2D eigenvalue weighted by Gasteiger charge is 2.49. The van der Waals surface area contributed by atoms with Gasteiger partial charge in [-0.2, -0.15) is 0 Å². The van der Waals surface area contributed by atoms with Gasteiger partial charge in [-0.25, -0.2) is 13.2 Å². The fourth-order valence-corrected chi connectivity index (χ4v) is 5.61. The molecule has 0 saturated carbocycles. The van der Waals surface area contributed by atoms with Crippen molar-refractivity contribution in [3.05, 3.63) is 51.1 Å². The zero-order chi connectivity index (χ0) is 18.9. The lowest BCUT2D eigenvalue weighted by molar-refractivity contribution is -0.130. The van der Waals surface area contributed by atoms with Crippen LogP contribution in [0.1, 0.15) is 18.2 Å². The molecule has 2 aromatic rings. The Balaban J connectivity index is 1.67. The van der Waals surface area contributed by atoms with Gasteiger partial charge in [0.1, 0.15) is 0 Å². The number of sulfone groups is 1. The van der Waals surface area contributed by atoms with Gasteiger partial charge >= 0.3 is 6.03 Å². The average Bonchev–Trinajstić information content (AvgIpc) is 3.13. The molecule has 0 aliphatic carbocycles. The quantitative estimate of drug-likeness (QED) is 0.676. The number of rotatable bonds is 6. The molecule has 0 bridgehead atoms. The van der Waals surface area contributed by atoms with Gasteiger partial charge in [0.05, 0.1) is 14.4 Å². The molecule has 2 heterocycles. The lowest BCUT2D eigenvalue weighted by Crippen LogP contribution is -2.40. The van der Waals surface area contributed by atoms with Crippen LogP contribution in [0.5, 0.6) is 0 Å². The minimum Gasteiger partial charge on any atom is -0.319 e. The number of urea groups is 1. The van der Waals surface area contributed by atoms with Crippen molar-refractivity contribution in [2.24, 2.45) is 0 Å². The molecule has 3 rings (SSSR count). The lowest BCUT2D eigenvalue weighted by atomic mass is 10.0. The largest absolute Gasteiger partial charge is 0.325 e. The number of nitrogens with one attached hydrogen (secondary N) is 1. The first-order valence-corrected chi connectivity index (χ1v) is 11.2. The first kappa shape index (κ1) is 19.1. The van der Waals surface area contributed by atoms with Crippen molar-refractivity contribution in [1.82, 2.24) is 10.2 Å². The molecule has 1 aliphatic heterocycles. The minimum absolute atomic E-state index is 0.0544. The van der Waals surface area contributed by atoms with Crippen LogP contribution >= 0.6 is 27.3 Å². The second-order valence-electron chi connectivity index (χ2n) is 6.10. The van der Waals surface area contributed by atoms with Gasteiger partial charge in [0.2, 0.25) is 0 Å². The summed E-state index contributed by atoms with van der Waals surface area (Å²) in [4.78, 5) is 27.1. The van der Waals surface area contributed by atoms with E-state index in [2.05, 4.69) is 21.2 Å². The van der Waals surface area contributed by atoms with Crippen molar-refractivity contribution in [3.8, 4) is 0 Å². The molecule has 1 aromatic heterocycles. The standard InChI is InChI=1S/C17H17BrN2O4S2/c1-17(13-8-9-14(18)25-13)15(21)20(16(22)19-17)10-5-11-26(23,24)12-6-3-2-4-7-12/h2-4,6-9H,5,10-11H2,1H3,(H,19,22). The van der Waals surface area contributed by atoms with Gasteiger partial charge in [-0.1, -0.05) is 18.2 Å². The normalized spacial score (nSPS) is 20.5. The molecule has 1 unspecified atom stereocenters. The van der Waals surface area contributed by atoms with Crippen LogP contribution in [0.3, 0.4) is 0 Å². The van der Waals surface area contributed by atoms with E-state index in [-0.39, 0.29) is 29.5 Å². The Kier molecular flexibility index (Phi) is 5.23. The Bertz CT molecular complexity index is 943. The van der Waals surface area contributed by atoms with Crippen molar-refractivity contribution in [2.75, 3.05) is 12.3 Å². The Labute approximate surface area is 164 Å². The predicted octanol–water partition coefficient (Wildman–Crippen LogP) is 3.14. The maximum absolute atomic E-state index is 12.8. The van der Waals surface area contributed by atoms with Crippen LogP contribution in [0.25, 0.3) is 0 Å². The van der Waals surface area contributed by atoms with Crippen molar-refractivity contribution in [3.63, 3.8) is 0 Å². The van der Waals surface area contributed by atoms with Crippen molar-refractivity contribution in [2.45, 2.75) is 23.8 Å². The van der Waals surface area contributed by atoms with E-state index >= 15 is 0 Å². The summed E-state index contributed by atoms with van der Waals surface area (Å²) in [5.41, 5.74) is -1.12. The molecule has 1 atom stereocenters. The molecule has 138 valence electrons. The van der Waals surface area contributed by atoms with Crippen LogP contribution in [-0.4, -0.2) is 37.6 Å². The third-order valence-electron chi connectivity index (χ3n) is 4.24. The molecule has 1 aromatic carbocycles. The third kappa shape index (κ3) is 3.56. The number of hydrogen-bond donors (Lipinski definition) is 1. The Hall–Kier alpha value is -1.71. The van der Waals surface area contributed by atoms with Gasteiger partial charge in [0, 0.05) is 11.4 Å². The maximum Gasteiger partial charge on any atom is 0.325 e. The SMILES string of the molecule is CC1(c2ccc(Br)s2)NC(=O)N(CCCS(=O)(=O)c2ccccc2)C1=O. The van der Waals surface area contributed by atoms with Gasteiger partial charge in [0.25, 0.3) is 5.91 Å². The monoisotopic (exact) mass is 456 g/mol. The van der Waals surface area contributed by atoms with E-state index in [9.17, 15) is 18.0 Å². The topological polar surface area (TPSA) is 83.6 Å². The predicted molar refractivity (Wildman–Crippen MR) is 103 cm³/mol. The molecule has 1 aliphatic rings. The summed E-state index contributed by atoms with van der Waals surface area (Å²) < 4.78 is 25.5. The van der Waals surface area contributed by atoms with Crippen LogP contribution < -0.4 is 5.32 Å². The Morgan fingerprint density at radius 3 is 2.46 bits per heavy atom. The van der Waals surface area contributed by atoms with Gasteiger partial charge < -0.3 is 5.32 Å². The van der Waals surface area contributed by atoms with E-state index in [1.54, 1.807) is 31.2 Å². The molecular weight excluding hydrogens is 440 g/mol. The van der Waals surface area contributed by atoms with E-state index in [0.29, 0.717) is 0 Å². The molecule has 6 nitrogen and oxygen atoms in total. The second-order valence-corrected chi connectivity index (χ2v) is 10.7. The average molecular weight is 457 g/mol. The summed E-state index contributed by atoms with van der Waals surface area (Å²) >= 11 is 4.73. The summed E-state index contributed by atoms with van der Waals surface area (Å²) in [6.07, 6.45) is 0.181. The number of thiophene rings is 1. The number of carbonyl (C=O) groups excluding carboxylic acids is 2. The van der Waals surface area contributed by atoms with Crippen LogP contribution in [0, 0.1) is 0 Å². The van der Waals surface area contributed by atoms with Crippen LogP contribution in [0.4, 0.5) is 4.79 Å². The van der Waals surface area contributed by atoms with Crippen LogP contribution in [0.2, 0.25) is 0 Å². The third-order valence-corrected chi connectivity index (χ3v) is 7.90. The first-order chi connectivity index (χ1) is 12.2. The van der Waals surface area contributed by atoms with Crippen LogP contribution in [-0.2, 0) is 20.2 Å². The van der Waals surface area contributed by atoms with Crippen LogP contribution in [0.15, 0.2) is 51.1 Å². The highest BCUT2D eigenvalue weighted by atomic mass is 79.9. The highest BCUT2D eigenvalue weighted by Crippen LogP contribution is 2.35. The fraction of sp³-hybridized carbons (Fsp3) is 0.294. The number of imide groups is 1. The zero-order valence-corrected chi connectivity index (χ0v) is 17.2. The lowest BCUT2D eigenvalue weighted by Gasteiger charge is -2.20. The number of carbonyl (C=O) groups is 2. The van der Waals surface area contributed by atoms with Gasteiger partial charge in [-0.3, -0.25) is 9.69 Å². The van der Waals surface area contributed by atoms with E-state index in [1.165, 1.54) is 23.5 Å². The summed E-state index contributed by atoms with van der Waals surface area (Å²) in [5, 5.41) is 2.72. The summed E-state index contributed by atoms with van der Waals surface area (Å²) in [6, 6.07) is 11.2. The van der Waals surface area contributed by atoms with Crippen molar-refractivity contribution >= 4 is 49.0 Å². The molecule has 9 heteroatoms. The summed E-state index contributed by atoms with van der Waals surface area (Å²) in [5.74, 6) is -0.496. The number of amides is 3. The van der Waals surface area contributed by atoms with E-state index in [1.807, 2.05) is 6.07 Å². The van der Waals surface area contributed by atoms with E-state index in [0.717, 1.165) is 13.6 Å². The Morgan fingerprint density at radius 1 is 1.15 bits per heavy atom. The first-order valence-electron chi connectivity index (χ1n) is 7.92. The zero-order valence-electron chi connectivity index (χ0n) is 13.9. The van der Waals surface area contributed by atoms with E-state index in [4.69, 9.17) is 0 Å². The van der Waals surface area contributed by atoms with Crippen molar-refractivity contribution < 1.29 is 18.0 Å². The van der Waals surface area contributed by atoms with Crippen molar-refractivity contribution in [1.29, 1.82) is 0 Å². The molecule has 0 radical (unpaired) electrons. The molecule has 26 heavy (non-hydrogen) atoms. The maximum atomic E-state index is 12.8.